The molecule has 2 heterocycles. The summed E-state index contributed by atoms with van der Waals surface area (Å²) in [6.45, 7) is 2.19. The van der Waals surface area contributed by atoms with Crippen molar-refractivity contribution in [1.82, 2.24) is 9.88 Å². The Bertz CT molecular complexity index is 687. The van der Waals surface area contributed by atoms with E-state index in [-0.39, 0.29) is 17.4 Å². The summed E-state index contributed by atoms with van der Waals surface area (Å²) in [5, 5.41) is 0.351. The minimum Gasteiger partial charge on any atom is -0.366 e. The predicted octanol–water partition coefficient (Wildman–Crippen LogP) is 2.84. The molecule has 1 saturated heterocycles. The van der Waals surface area contributed by atoms with Crippen molar-refractivity contribution in [1.29, 1.82) is 0 Å². The van der Waals surface area contributed by atoms with Crippen molar-refractivity contribution in [2.24, 2.45) is 0 Å². The first-order valence-corrected chi connectivity index (χ1v) is 7.44. The Morgan fingerprint density at radius 3 is 2.50 bits per heavy atom. The number of rotatable bonds is 2. The van der Waals surface area contributed by atoms with Gasteiger partial charge in [-0.2, -0.15) is 0 Å². The van der Waals surface area contributed by atoms with Crippen LogP contribution in [0.15, 0.2) is 42.6 Å². The Labute approximate surface area is 133 Å². The number of carbonyl (C=O) groups excluding carboxylic acids is 1. The molecule has 1 aromatic carbocycles. The van der Waals surface area contributed by atoms with E-state index in [9.17, 15) is 9.18 Å². The fraction of sp³-hybridized carbons (Fsp3) is 0.250. The maximum Gasteiger partial charge on any atom is 0.274 e. The number of anilines is 1. The lowest BCUT2D eigenvalue weighted by molar-refractivity contribution is 0.0741. The van der Waals surface area contributed by atoms with E-state index in [1.807, 2.05) is 11.0 Å². The Kier molecular flexibility index (Phi) is 4.24. The monoisotopic (exact) mass is 319 g/mol. The van der Waals surface area contributed by atoms with Crippen LogP contribution in [0.3, 0.4) is 0 Å². The van der Waals surface area contributed by atoms with Crippen molar-refractivity contribution < 1.29 is 9.18 Å². The number of halogens is 2. The fourth-order valence-electron chi connectivity index (χ4n) is 2.55. The van der Waals surface area contributed by atoms with E-state index in [0.717, 1.165) is 0 Å². The number of hydrogen-bond donors (Lipinski definition) is 0. The van der Waals surface area contributed by atoms with Crippen molar-refractivity contribution >= 4 is 23.2 Å². The van der Waals surface area contributed by atoms with Crippen LogP contribution in [0.4, 0.5) is 10.1 Å². The number of hydrogen-bond acceptors (Lipinski definition) is 3. The van der Waals surface area contributed by atoms with E-state index in [4.69, 9.17) is 11.6 Å². The summed E-state index contributed by atoms with van der Waals surface area (Å²) in [4.78, 5) is 20.1. The van der Waals surface area contributed by atoms with Crippen LogP contribution in [-0.2, 0) is 0 Å². The number of benzene rings is 1. The highest BCUT2D eigenvalue weighted by molar-refractivity contribution is 6.33. The van der Waals surface area contributed by atoms with Crippen molar-refractivity contribution in [2.75, 3.05) is 31.1 Å². The van der Waals surface area contributed by atoms with Gasteiger partial charge in [-0.3, -0.25) is 4.79 Å². The van der Waals surface area contributed by atoms with Crippen molar-refractivity contribution in [3.8, 4) is 0 Å². The van der Waals surface area contributed by atoms with E-state index in [1.54, 1.807) is 35.4 Å². The second kappa shape index (κ2) is 6.32. The molecule has 0 saturated carbocycles. The van der Waals surface area contributed by atoms with Gasteiger partial charge in [0.2, 0.25) is 0 Å². The lowest BCUT2D eigenvalue weighted by Crippen LogP contribution is -2.49. The second-order valence-electron chi connectivity index (χ2n) is 5.06. The Hall–Kier alpha value is -2.14. The number of amides is 1. The van der Waals surface area contributed by atoms with Crippen LogP contribution in [0.2, 0.25) is 5.02 Å². The molecule has 1 aliphatic heterocycles. The average molecular weight is 320 g/mol. The first-order valence-electron chi connectivity index (χ1n) is 7.06. The molecule has 0 unspecified atom stereocenters. The summed E-state index contributed by atoms with van der Waals surface area (Å²) in [5.41, 5.74) is 0.842. The molecule has 0 radical (unpaired) electrons. The van der Waals surface area contributed by atoms with Gasteiger partial charge in [0.15, 0.2) is 0 Å². The van der Waals surface area contributed by atoms with Gasteiger partial charge in [-0.15, -0.1) is 0 Å². The SMILES string of the molecule is O=C(c1ncccc1Cl)N1CCN(c2ccccc2F)CC1. The van der Waals surface area contributed by atoms with Crippen LogP contribution in [-0.4, -0.2) is 42.0 Å². The van der Waals surface area contributed by atoms with Gasteiger partial charge in [-0.25, -0.2) is 9.37 Å². The van der Waals surface area contributed by atoms with Crippen LogP contribution in [0.5, 0.6) is 0 Å². The van der Waals surface area contributed by atoms with Crippen LogP contribution in [0.1, 0.15) is 10.5 Å². The average Bonchev–Trinajstić information content (AvgIpc) is 2.55. The molecule has 6 heteroatoms. The molecule has 3 rings (SSSR count). The molecule has 1 fully saturated rings. The molecule has 1 aliphatic rings. The molecule has 22 heavy (non-hydrogen) atoms. The summed E-state index contributed by atoms with van der Waals surface area (Å²) >= 11 is 6.01. The summed E-state index contributed by atoms with van der Waals surface area (Å²) < 4.78 is 13.8. The van der Waals surface area contributed by atoms with Gasteiger partial charge in [-0.1, -0.05) is 23.7 Å². The van der Waals surface area contributed by atoms with E-state index in [2.05, 4.69) is 4.98 Å². The van der Waals surface area contributed by atoms with Crippen LogP contribution >= 0.6 is 11.6 Å². The number of carbonyl (C=O) groups is 1. The predicted molar refractivity (Wildman–Crippen MR) is 83.8 cm³/mol. The number of para-hydroxylation sites is 1. The van der Waals surface area contributed by atoms with Crippen molar-refractivity contribution in [2.45, 2.75) is 0 Å². The standard InChI is InChI=1S/C16H15ClFN3O/c17-12-4-3-7-19-15(12)16(22)21-10-8-20(9-11-21)14-6-2-1-5-13(14)18/h1-7H,8-11H2. The molecule has 2 aromatic rings. The van der Waals surface area contributed by atoms with Crippen LogP contribution in [0.25, 0.3) is 0 Å². The zero-order valence-electron chi connectivity index (χ0n) is 11.9. The minimum atomic E-state index is -0.241. The molecule has 0 spiro atoms. The second-order valence-corrected chi connectivity index (χ2v) is 5.47. The molecule has 0 bridgehead atoms. The summed E-state index contributed by atoms with van der Waals surface area (Å²) in [5.74, 6) is -0.422. The van der Waals surface area contributed by atoms with Gasteiger partial charge in [0, 0.05) is 32.4 Å². The van der Waals surface area contributed by atoms with Gasteiger partial charge >= 0.3 is 0 Å². The van der Waals surface area contributed by atoms with Crippen molar-refractivity contribution in [3.63, 3.8) is 0 Å². The summed E-state index contributed by atoms with van der Waals surface area (Å²) in [6, 6.07) is 10.0. The molecule has 0 aliphatic carbocycles. The number of nitrogens with zero attached hydrogens (tertiary/aromatic N) is 3. The molecule has 1 amide bonds. The van der Waals surface area contributed by atoms with E-state index in [1.165, 1.54) is 6.07 Å². The van der Waals surface area contributed by atoms with E-state index >= 15 is 0 Å². The molecule has 0 atom stereocenters. The quantitative estimate of drug-likeness (QED) is 0.854. The molecule has 0 N–H and O–H groups in total. The zero-order chi connectivity index (χ0) is 15.5. The molecule has 114 valence electrons. The molecular weight excluding hydrogens is 305 g/mol. The molecular formula is C16H15ClFN3O. The van der Waals surface area contributed by atoms with Gasteiger partial charge in [0.05, 0.1) is 10.7 Å². The molecule has 4 nitrogen and oxygen atoms in total. The normalized spacial score (nSPS) is 15.0. The Morgan fingerprint density at radius 2 is 1.82 bits per heavy atom. The lowest BCUT2D eigenvalue weighted by atomic mass is 10.2. The van der Waals surface area contributed by atoms with Gasteiger partial charge in [-0.05, 0) is 24.3 Å². The van der Waals surface area contributed by atoms with Gasteiger partial charge in [0.1, 0.15) is 11.5 Å². The fourth-order valence-corrected chi connectivity index (χ4v) is 2.75. The third-order valence-electron chi connectivity index (χ3n) is 3.72. The minimum absolute atomic E-state index is 0.182. The number of aromatic nitrogens is 1. The topological polar surface area (TPSA) is 36.4 Å². The van der Waals surface area contributed by atoms with Gasteiger partial charge in [0.25, 0.3) is 5.91 Å². The van der Waals surface area contributed by atoms with Crippen LogP contribution in [0, 0.1) is 5.82 Å². The highest BCUT2D eigenvalue weighted by atomic mass is 35.5. The maximum absolute atomic E-state index is 13.8. The zero-order valence-corrected chi connectivity index (χ0v) is 12.6. The maximum atomic E-state index is 13.8. The smallest absolute Gasteiger partial charge is 0.274 e. The van der Waals surface area contributed by atoms with E-state index < -0.39 is 0 Å². The third-order valence-corrected chi connectivity index (χ3v) is 4.03. The first kappa shape index (κ1) is 14.8. The van der Waals surface area contributed by atoms with Crippen LogP contribution < -0.4 is 4.90 Å². The molecule has 1 aromatic heterocycles. The Morgan fingerprint density at radius 1 is 1.09 bits per heavy atom. The van der Waals surface area contributed by atoms with E-state index in [0.29, 0.717) is 36.9 Å². The Balaban J connectivity index is 1.68. The third kappa shape index (κ3) is 2.90. The van der Waals surface area contributed by atoms with Gasteiger partial charge < -0.3 is 9.80 Å². The largest absolute Gasteiger partial charge is 0.366 e. The highest BCUT2D eigenvalue weighted by Crippen LogP contribution is 2.21. The number of pyridine rings is 1. The summed E-state index contributed by atoms with van der Waals surface area (Å²) in [7, 11) is 0. The lowest BCUT2D eigenvalue weighted by Gasteiger charge is -2.36. The van der Waals surface area contributed by atoms with Crippen molar-refractivity contribution in [3.05, 3.63) is 59.1 Å². The highest BCUT2D eigenvalue weighted by Gasteiger charge is 2.25. The first-order chi connectivity index (χ1) is 10.7. The number of piperazine rings is 1. The summed E-state index contributed by atoms with van der Waals surface area (Å²) in [6.07, 6.45) is 1.55.